The molecule has 2 rings (SSSR count). The lowest BCUT2D eigenvalue weighted by molar-refractivity contribution is -0.138. The molecule has 2 heterocycles. The van der Waals surface area contributed by atoms with E-state index in [1.54, 1.807) is 4.52 Å². The van der Waals surface area contributed by atoms with E-state index in [1.165, 1.54) is 0 Å². The van der Waals surface area contributed by atoms with Gasteiger partial charge in [-0.05, 0) is 19.1 Å². The highest BCUT2D eigenvalue weighted by Gasteiger charge is 2.28. The number of carboxylic acid groups (broad SMARTS) is 1. The summed E-state index contributed by atoms with van der Waals surface area (Å²) in [4.78, 5) is 15.2. The summed E-state index contributed by atoms with van der Waals surface area (Å²) in [6.45, 7) is 5.62. The maximum absolute atomic E-state index is 10.8. The molecule has 0 unspecified atom stereocenters. The number of hydrogen-bond acceptors (Lipinski definition) is 3. The van der Waals surface area contributed by atoms with Crippen LogP contribution in [0.3, 0.4) is 0 Å². The number of hydrogen-bond donors (Lipinski definition) is 1. The quantitative estimate of drug-likeness (QED) is 0.877. The van der Waals surface area contributed by atoms with Gasteiger partial charge in [0, 0.05) is 11.1 Å². The van der Waals surface area contributed by atoms with Gasteiger partial charge in [-0.15, -0.1) is 0 Å². The number of aryl methyl sites for hydroxylation is 1. The van der Waals surface area contributed by atoms with Crippen molar-refractivity contribution in [3.8, 4) is 0 Å². The summed E-state index contributed by atoms with van der Waals surface area (Å²) in [6, 6.07) is 5.71. The molecule has 0 atom stereocenters. The Hall–Kier alpha value is -1.91. The van der Waals surface area contributed by atoms with Gasteiger partial charge in [0.2, 0.25) is 0 Å². The number of carboxylic acids is 1. The van der Waals surface area contributed by atoms with Crippen LogP contribution < -0.4 is 0 Å². The maximum atomic E-state index is 10.8. The summed E-state index contributed by atoms with van der Waals surface area (Å²) in [6.07, 6.45) is 0.0168. The average molecular weight is 233 g/mol. The lowest BCUT2D eigenvalue weighted by Crippen LogP contribution is -2.23. The first kappa shape index (κ1) is 11.6. The minimum Gasteiger partial charge on any atom is -0.481 e. The van der Waals surface area contributed by atoms with Crippen molar-refractivity contribution >= 4 is 11.6 Å². The van der Waals surface area contributed by atoms with Gasteiger partial charge in [-0.3, -0.25) is 4.79 Å². The highest BCUT2D eigenvalue weighted by atomic mass is 16.4. The Labute approximate surface area is 99.1 Å². The zero-order chi connectivity index (χ0) is 12.6. The standard InChI is InChI=1S/C12H15N3O2/c1-8-5-4-6-9-13-11(14-15(8)9)12(2,3)7-10(16)17/h4-6H,7H2,1-3H3,(H,16,17). The Morgan fingerprint density at radius 2 is 2.18 bits per heavy atom. The van der Waals surface area contributed by atoms with Gasteiger partial charge in [0.05, 0.1) is 6.42 Å². The molecule has 5 nitrogen and oxygen atoms in total. The number of nitrogens with zero attached hydrogens (tertiary/aromatic N) is 3. The molecule has 0 radical (unpaired) electrons. The average Bonchev–Trinajstić information content (AvgIpc) is 2.61. The van der Waals surface area contributed by atoms with Gasteiger partial charge in [0.25, 0.3) is 0 Å². The first-order chi connectivity index (χ1) is 7.90. The summed E-state index contributed by atoms with van der Waals surface area (Å²) in [7, 11) is 0. The van der Waals surface area contributed by atoms with E-state index in [-0.39, 0.29) is 6.42 Å². The molecule has 90 valence electrons. The lowest BCUT2D eigenvalue weighted by atomic mass is 9.89. The fourth-order valence-corrected chi connectivity index (χ4v) is 1.78. The number of pyridine rings is 1. The van der Waals surface area contributed by atoms with Crippen LogP contribution in [0.4, 0.5) is 0 Å². The van der Waals surface area contributed by atoms with Crippen LogP contribution in [0.2, 0.25) is 0 Å². The van der Waals surface area contributed by atoms with Crippen LogP contribution >= 0.6 is 0 Å². The largest absolute Gasteiger partial charge is 0.481 e. The SMILES string of the molecule is Cc1cccc2nc(C(C)(C)CC(=O)O)nn12. The summed E-state index contributed by atoms with van der Waals surface area (Å²) >= 11 is 0. The van der Waals surface area contributed by atoms with Crippen molar-refractivity contribution < 1.29 is 9.90 Å². The van der Waals surface area contributed by atoms with Crippen LogP contribution in [0.5, 0.6) is 0 Å². The third kappa shape index (κ3) is 2.13. The number of carbonyl (C=O) groups is 1. The summed E-state index contributed by atoms with van der Waals surface area (Å²) in [5.41, 5.74) is 1.16. The van der Waals surface area contributed by atoms with Gasteiger partial charge in [-0.1, -0.05) is 19.9 Å². The van der Waals surface area contributed by atoms with E-state index in [2.05, 4.69) is 10.1 Å². The van der Waals surface area contributed by atoms with Gasteiger partial charge in [-0.25, -0.2) is 9.50 Å². The molecule has 1 N–H and O–H groups in total. The molecular weight excluding hydrogens is 218 g/mol. The fraction of sp³-hybridized carbons (Fsp3) is 0.417. The maximum Gasteiger partial charge on any atom is 0.304 e. The highest BCUT2D eigenvalue weighted by molar-refractivity contribution is 5.68. The van der Waals surface area contributed by atoms with Crippen LogP contribution in [0.25, 0.3) is 5.65 Å². The summed E-state index contributed by atoms with van der Waals surface area (Å²) in [5, 5.41) is 13.3. The Morgan fingerprint density at radius 1 is 1.47 bits per heavy atom. The molecule has 0 aromatic carbocycles. The molecule has 2 aromatic rings. The van der Waals surface area contributed by atoms with E-state index >= 15 is 0 Å². The summed E-state index contributed by atoms with van der Waals surface area (Å²) in [5.74, 6) is -0.278. The summed E-state index contributed by atoms with van der Waals surface area (Å²) < 4.78 is 1.74. The molecule has 0 saturated heterocycles. The Bertz CT molecular complexity index is 572. The second-order valence-corrected chi connectivity index (χ2v) is 4.83. The van der Waals surface area contributed by atoms with Gasteiger partial charge in [0.1, 0.15) is 0 Å². The third-order valence-electron chi connectivity index (χ3n) is 2.75. The Balaban J connectivity index is 2.49. The minimum atomic E-state index is -0.842. The van der Waals surface area contributed by atoms with Gasteiger partial charge < -0.3 is 5.11 Å². The third-order valence-corrected chi connectivity index (χ3v) is 2.75. The number of rotatable bonds is 3. The zero-order valence-corrected chi connectivity index (χ0v) is 10.1. The predicted octanol–water partition coefficient (Wildman–Crippen LogP) is 1.79. The van der Waals surface area contributed by atoms with Crippen molar-refractivity contribution in [1.29, 1.82) is 0 Å². The van der Waals surface area contributed by atoms with Gasteiger partial charge in [0.15, 0.2) is 11.5 Å². The molecule has 0 spiro atoms. The van der Waals surface area contributed by atoms with E-state index < -0.39 is 11.4 Å². The lowest BCUT2D eigenvalue weighted by Gasteiger charge is -2.17. The van der Waals surface area contributed by atoms with Crippen LogP contribution in [0.15, 0.2) is 18.2 Å². The molecule has 0 bridgehead atoms. The molecule has 0 fully saturated rings. The molecule has 0 saturated carbocycles. The predicted molar refractivity (Wildman–Crippen MR) is 63.0 cm³/mol. The zero-order valence-electron chi connectivity index (χ0n) is 10.1. The Morgan fingerprint density at radius 3 is 2.76 bits per heavy atom. The van der Waals surface area contributed by atoms with Crippen molar-refractivity contribution in [3.63, 3.8) is 0 Å². The molecule has 17 heavy (non-hydrogen) atoms. The minimum absolute atomic E-state index is 0.0168. The van der Waals surface area contributed by atoms with E-state index in [1.807, 2.05) is 39.0 Å². The number of fused-ring (bicyclic) bond motifs is 1. The fourth-order valence-electron chi connectivity index (χ4n) is 1.78. The van der Waals surface area contributed by atoms with Crippen LogP contribution in [0, 0.1) is 6.92 Å². The first-order valence-electron chi connectivity index (χ1n) is 5.45. The second-order valence-electron chi connectivity index (χ2n) is 4.83. The van der Waals surface area contributed by atoms with E-state index in [4.69, 9.17) is 5.11 Å². The monoisotopic (exact) mass is 233 g/mol. The van der Waals surface area contributed by atoms with Gasteiger partial charge >= 0.3 is 5.97 Å². The van der Waals surface area contributed by atoms with E-state index in [0.29, 0.717) is 5.82 Å². The van der Waals surface area contributed by atoms with Crippen molar-refractivity contribution in [2.75, 3.05) is 0 Å². The molecule has 0 aliphatic rings. The molecule has 2 aromatic heterocycles. The van der Waals surface area contributed by atoms with Gasteiger partial charge in [-0.2, -0.15) is 5.10 Å². The second kappa shape index (κ2) is 3.84. The Kier molecular flexibility index (Phi) is 2.61. The van der Waals surface area contributed by atoms with Crippen molar-refractivity contribution in [2.45, 2.75) is 32.6 Å². The molecule has 0 amide bonds. The van der Waals surface area contributed by atoms with Crippen molar-refractivity contribution in [2.24, 2.45) is 0 Å². The smallest absolute Gasteiger partial charge is 0.304 e. The molecule has 0 aliphatic heterocycles. The van der Waals surface area contributed by atoms with Crippen LogP contribution in [-0.4, -0.2) is 25.7 Å². The molecule has 5 heteroatoms. The van der Waals surface area contributed by atoms with E-state index in [0.717, 1.165) is 11.3 Å². The van der Waals surface area contributed by atoms with Crippen molar-refractivity contribution in [1.82, 2.24) is 14.6 Å². The van der Waals surface area contributed by atoms with Crippen LogP contribution in [0.1, 0.15) is 31.8 Å². The molecular formula is C12H15N3O2. The first-order valence-corrected chi connectivity index (χ1v) is 5.45. The number of aliphatic carboxylic acids is 1. The van der Waals surface area contributed by atoms with E-state index in [9.17, 15) is 4.79 Å². The topological polar surface area (TPSA) is 67.5 Å². The number of aromatic nitrogens is 3. The normalized spacial score (nSPS) is 11.9. The van der Waals surface area contributed by atoms with Crippen molar-refractivity contribution in [3.05, 3.63) is 29.7 Å². The molecule has 0 aliphatic carbocycles. The highest BCUT2D eigenvalue weighted by Crippen LogP contribution is 2.24. The van der Waals surface area contributed by atoms with Crippen LogP contribution in [-0.2, 0) is 10.2 Å².